The van der Waals surface area contributed by atoms with E-state index in [0.717, 1.165) is 65.0 Å². The third kappa shape index (κ3) is 7.96. The largest absolute Gasteiger partial charge is 0.353 e. The first-order valence-corrected chi connectivity index (χ1v) is 12.8. The maximum atomic E-state index is 12.4. The molecule has 0 radical (unpaired) electrons. The normalized spacial score (nSPS) is 18.5. The third-order valence-corrected chi connectivity index (χ3v) is 6.98. The molecule has 182 valence electrons. The fraction of sp³-hybridized carbons (Fsp3) is 0.500. The summed E-state index contributed by atoms with van der Waals surface area (Å²) in [5.41, 5.74) is 2.66. The summed E-state index contributed by atoms with van der Waals surface area (Å²) in [6, 6.07) is 21.5. The highest BCUT2D eigenvalue weighted by molar-refractivity contribution is 5.84. The molecule has 2 saturated heterocycles. The van der Waals surface area contributed by atoms with Gasteiger partial charge < -0.3 is 10.6 Å². The second kappa shape index (κ2) is 12.7. The van der Waals surface area contributed by atoms with Crippen molar-refractivity contribution in [2.75, 3.05) is 26.2 Å². The molecule has 6 heteroatoms. The van der Waals surface area contributed by atoms with E-state index in [0.29, 0.717) is 0 Å². The molecule has 0 aromatic heterocycles. The van der Waals surface area contributed by atoms with Crippen LogP contribution in [-0.4, -0.2) is 59.9 Å². The minimum absolute atomic E-state index is 0.00524. The molecule has 4 rings (SSSR count). The van der Waals surface area contributed by atoms with E-state index >= 15 is 0 Å². The Hall–Kier alpha value is -2.70. The molecular formula is C28H38N4O2. The number of hydrogen-bond acceptors (Lipinski definition) is 4. The molecule has 0 bridgehead atoms. The van der Waals surface area contributed by atoms with Crippen LogP contribution in [0.5, 0.6) is 0 Å². The number of piperidine rings is 2. The van der Waals surface area contributed by atoms with E-state index in [1.54, 1.807) is 0 Å². The number of hydrogen-bond donors (Lipinski definition) is 2. The molecule has 2 aromatic rings. The van der Waals surface area contributed by atoms with Gasteiger partial charge in [-0.05, 0) is 36.8 Å². The first-order chi connectivity index (χ1) is 16.6. The highest BCUT2D eigenvalue weighted by Gasteiger charge is 2.23. The Bertz CT molecular complexity index is 814. The number of carbonyl (C=O) groups excluding carboxylic acids is 2. The van der Waals surface area contributed by atoms with Gasteiger partial charge in [-0.25, -0.2) is 0 Å². The van der Waals surface area contributed by atoms with Gasteiger partial charge >= 0.3 is 0 Å². The summed E-state index contributed by atoms with van der Waals surface area (Å²) >= 11 is 0. The van der Waals surface area contributed by atoms with Crippen LogP contribution in [0.15, 0.2) is 60.7 Å². The second-order valence-corrected chi connectivity index (χ2v) is 9.71. The van der Waals surface area contributed by atoms with E-state index in [2.05, 4.69) is 69.0 Å². The number of benzene rings is 2. The molecule has 34 heavy (non-hydrogen) atoms. The lowest BCUT2D eigenvalue weighted by Crippen LogP contribution is -2.45. The van der Waals surface area contributed by atoms with Gasteiger partial charge in [0, 0.05) is 64.2 Å². The summed E-state index contributed by atoms with van der Waals surface area (Å²) in [6.45, 7) is 5.89. The van der Waals surface area contributed by atoms with Crippen molar-refractivity contribution >= 4 is 11.8 Å². The monoisotopic (exact) mass is 462 g/mol. The fourth-order valence-electron chi connectivity index (χ4n) is 4.98. The van der Waals surface area contributed by atoms with Gasteiger partial charge in [0.25, 0.3) is 0 Å². The molecule has 2 amide bonds. The van der Waals surface area contributed by atoms with Gasteiger partial charge in [-0.15, -0.1) is 0 Å². The van der Waals surface area contributed by atoms with Crippen LogP contribution >= 0.6 is 0 Å². The van der Waals surface area contributed by atoms with Gasteiger partial charge in [0.15, 0.2) is 0 Å². The zero-order valence-corrected chi connectivity index (χ0v) is 20.1. The van der Waals surface area contributed by atoms with E-state index < -0.39 is 0 Å². The molecule has 2 aliphatic heterocycles. The Balaban J connectivity index is 1.07. The fourth-order valence-corrected chi connectivity index (χ4v) is 4.98. The van der Waals surface area contributed by atoms with Crippen LogP contribution < -0.4 is 10.6 Å². The number of carbonyl (C=O) groups is 2. The molecule has 2 aromatic carbocycles. The zero-order chi connectivity index (χ0) is 23.6. The number of nitrogens with zero attached hydrogens (tertiary/aromatic N) is 2. The quantitative estimate of drug-likeness (QED) is 0.600. The molecule has 2 heterocycles. The summed E-state index contributed by atoms with van der Waals surface area (Å²) < 4.78 is 0. The number of likely N-dealkylation sites (tertiary alicyclic amines) is 2. The number of rotatable bonds is 9. The Morgan fingerprint density at radius 1 is 0.618 bits per heavy atom. The molecular weight excluding hydrogens is 424 g/mol. The maximum Gasteiger partial charge on any atom is 0.220 e. The highest BCUT2D eigenvalue weighted by Crippen LogP contribution is 2.15. The van der Waals surface area contributed by atoms with Crippen LogP contribution in [0.3, 0.4) is 0 Å². The predicted octanol–water partition coefficient (Wildman–Crippen LogP) is 3.33. The van der Waals surface area contributed by atoms with Gasteiger partial charge in [0.05, 0.1) is 0 Å². The van der Waals surface area contributed by atoms with E-state index in [1.807, 2.05) is 12.1 Å². The van der Waals surface area contributed by atoms with Crippen LogP contribution in [-0.2, 0) is 22.7 Å². The molecule has 6 nitrogen and oxygen atoms in total. The summed E-state index contributed by atoms with van der Waals surface area (Å²) in [5.74, 6) is -0.0105. The number of amides is 2. The van der Waals surface area contributed by atoms with E-state index in [1.165, 1.54) is 11.1 Å². The lowest BCUT2D eigenvalue weighted by atomic mass is 10.0. The highest BCUT2D eigenvalue weighted by atomic mass is 16.2. The smallest absolute Gasteiger partial charge is 0.220 e. The predicted molar refractivity (Wildman–Crippen MR) is 135 cm³/mol. The minimum Gasteiger partial charge on any atom is -0.353 e. The second-order valence-electron chi connectivity index (χ2n) is 9.71. The molecule has 2 aliphatic rings. The lowest BCUT2D eigenvalue weighted by Gasteiger charge is -2.32. The zero-order valence-electron chi connectivity index (χ0n) is 20.1. The minimum atomic E-state index is -0.00524. The topological polar surface area (TPSA) is 64.7 Å². The number of nitrogens with one attached hydrogen (secondary N) is 2. The molecule has 2 N–H and O–H groups in total. The Labute approximate surface area is 203 Å². The first kappa shape index (κ1) is 24.4. The van der Waals surface area contributed by atoms with Crippen LogP contribution in [0.1, 0.15) is 49.7 Å². The molecule has 0 unspecified atom stereocenters. The van der Waals surface area contributed by atoms with Gasteiger partial charge in [-0.1, -0.05) is 60.7 Å². The van der Waals surface area contributed by atoms with Crippen LogP contribution in [0, 0.1) is 0 Å². The van der Waals surface area contributed by atoms with E-state index in [4.69, 9.17) is 0 Å². The van der Waals surface area contributed by atoms with Crippen molar-refractivity contribution < 1.29 is 9.59 Å². The van der Waals surface area contributed by atoms with Crippen LogP contribution in [0.4, 0.5) is 0 Å². The van der Waals surface area contributed by atoms with Crippen molar-refractivity contribution in [3.05, 3.63) is 71.8 Å². The summed E-state index contributed by atoms with van der Waals surface area (Å²) in [5, 5.41) is 6.28. The maximum absolute atomic E-state index is 12.4. The Morgan fingerprint density at radius 2 is 0.971 bits per heavy atom. The van der Waals surface area contributed by atoms with Crippen molar-refractivity contribution in [3.63, 3.8) is 0 Å². The van der Waals surface area contributed by atoms with Crippen molar-refractivity contribution in [1.82, 2.24) is 20.4 Å². The van der Waals surface area contributed by atoms with Gasteiger partial charge in [0.2, 0.25) is 11.8 Å². The van der Waals surface area contributed by atoms with Gasteiger partial charge in [0.1, 0.15) is 0 Å². The van der Waals surface area contributed by atoms with Crippen LogP contribution in [0.25, 0.3) is 0 Å². The van der Waals surface area contributed by atoms with Crippen molar-refractivity contribution in [3.8, 4) is 0 Å². The standard InChI is InChI=1S/C28H38N4O2/c33-27(29-25-13-17-31(18-14-25)21-23-7-3-1-4-8-23)11-12-28(34)30-26-15-19-32(20-16-26)22-24-9-5-2-6-10-24/h1-10,25-26H,11-22H2,(H,29,33)(H,30,34). The summed E-state index contributed by atoms with van der Waals surface area (Å²) in [7, 11) is 0. The van der Waals surface area contributed by atoms with Crippen molar-refractivity contribution in [2.24, 2.45) is 0 Å². The Morgan fingerprint density at radius 3 is 1.32 bits per heavy atom. The lowest BCUT2D eigenvalue weighted by molar-refractivity contribution is -0.127. The van der Waals surface area contributed by atoms with Gasteiger partial charge in [-0.2, -0.15) is 0 Å². The Kier molecular flexibility index (Phi) is 9.11. The van der Waals surface area contributed by atoms with E-state index in [9.17, 15) is 9.59 Å². The van der Waals surface area contributed by atoms with Crippen LogP contribution in [0.2, 0.25) is 0 Å². The third-order valence-electron chi connectivity index (χ3n) is 6.98. The molecule has 0 atom stereocenters. The van der Waals surface area contributed by atoms with E-state index in [-0.39, 0.29) is 36.7 Å². The summed E-state index contributed by atoms with van der Waals surface area (Å²) in [6.07, 6.45) is 4.39. The summed E-state index contributed by atoms with van der Waals surface area (Å²) in [4.78, 5) is 29.7. The first-order valence-electron chi connectivity index (χ1n) is 12.8. The van der Waals surface area contributed by atoms with Crippen molar-refractivity contribution in [2.45, 2.75) is 63.7 Å². The molecule has 2 fully saturated rings. The average Bonchev–Trinajstić information content (AvgIpc) is 2.86. The molecule has 0 aliphatic carbocycles. The SMILES string of the molecule is O=C(CCC(=O)NC1CCN(Cc2ccccc2)CC1)NC1CCN(Cc2ccccc2)CC1. The molecule has 0 spiro atoms. The van der Waals surface area contributed by atoms with Gasteiger partial charge in [-0.3, -0.25) is 19.4 Å². The van der Waals surface area contributed by atoms with Crippen molar-refractivity contribution in [1.29, 1.82) is 0 Å². The molecule has 0 saturated carbocycles. The average molecular weight is 463 g/mol.